The van der Waals surface area contributed by atoms with Gasteiger partial charge in [0, 0.05) is 17.1 Å². The fourth-order valence-corrected chi connectivity index (χ4v) is 4.45. The first kappa shape index (κ1) is 20.7. The molecule has 0 fully saturated rings. The molecule has 3 aromatic rings. The Labute approximate surface area is 180 Å². The van der Waals surface area contributed by atoms with Gasteiger partial charge in [0.25, 0.3) is 0 Å². The van der Waals surface area contributed by atoms with E-state index in [1.54, 1.807) is 12.1 Å². The zero-order valence-corrected chi connectivity index (χ0v) is 17.4. The molecule has 0 saturated carbocycles. The average molecular weight is 439 g/mol. The van der Waals surface area contributed by atoms with Crippen molar-refractivity contribution < 1.29 is 17.9 Å². The van der Waals surface area contributed by atoms with E-state index in [1.165, 1.54) is 23.5 Å². The SMILES string of the molecule is CC1=CC(=C(C#N)c2nc3ccccc3s2)C=C(C)N1c1ccc(OC(F)(F)F)cc1. The molecule has 4 nitrogen and oxygen atoms in total. The number of benzene rings is 2. The van der Waals surface area contributed by atoms with Crippen LogP contribution in [0.1, 0.15) is 18.9 Å². The van der Waals surface area contributed by atoms with E-state index in [-0.39, 0.29) is 5.75 Å². The van der Waals surface area contributed by atoms with Crippen molar-refractivity contribution in [3.8, 4) is 11.8 Å². The molecule has 2 aromatic carbocycles. The number of ether oxygens (including phenoxy) is 1. The highest BCUT2D eigenvalue weighted by atomic mass is 32.1. The van der Waals surface area contributed by atoms with Gasteiger partial charge in [0.2, 0.25) is 0 Å². The highest BCUT2D eigenvalue weighted by molar-refractivity contribution is 7.19. The van der Waals surface area contributed by atoms with Gasteiger partial charge in [0.05, 0.1) is 15.8 Å². The Morgan fingerprint density at radius 3 is 2.26 bits per heavy atom. The van der Waals surface area contributed by atoms with Crippen LogP contribution in [0.25, 0.3) is 15.8 Å². The van der Waals surface area contributed by atoms with E-state index in [4.69, 9.17) is 0 Å². The highest BCUT2D eigenvalue weighted by Gasteiger charge is 2.31. The number of hydrogen-bond donors (Lipinski definition) is 0. The van der Waals surface area contributed by atoms with Gasteiger partial charge >= 0.3 is 6.36 Å². The van der Waals surface area contributed by atoms with Gasteiger partial charge in [-0.25, -0.2) is 4.98 Å². The fourth-order valence-electron chi connectivity index (χ4n) is 3.46. The van der Waals surface area contributed by atoms with Crippen molar-refractivity contribution in [1.29, 1.82) is 5.26 Å². The Morgan fingerprint density at radius 2 is 1.68 bits per heavy atom. The fraction of sp³-hybridized carbons (Fsp3) is 0.130. The molecule has 0 aliphatic carbocycles. The first-order chi connectivity index (χ1) is 14.7. The standard InChI is InChI=1S/C23H16F3N3OS/c1-14-11-16(19(13-27)22-28-20-5-3-4-6-21(20)31-22)12-15(2)29(14)17-7-9-18(10-8-17)30-23(24,25)26/h3-12H,1-2H3. The number of para-hydroxylation sites is 1. The van der Waals surface area contributed by atoms with Crippen LogP contribution < -0.4 is 9.64 Å². The van der Waals surface area contributed by atoms with Crippen LogP contribution in [0.4, 0.5) is 18.9 Å². The lowest BCUT2D eigenvalue weighted by atomic mass is 10.0. The minimum Gasteiger partial charge on any atom is -0.406 e. The topological polar surface area (TPSA) is 49.2 Å². The molecule has 1 aliphatic rings. The molecule has 1 aromatic heterocycles. The number of nitriles is 1. The van der Waals surface area contributed by atoms with Crippen LogP contribution in [-0.4, -0.2) is 11.3 Å². The van der Waals surface area contributed by atoms with Crippen LogP contribution in [0, 0.1) is 11.3 Å². The third-order valence-corrected chi connectivity index (χ3v) is 5.72. The molecule has 1 aliphatic heterocycles. The summed E-state index contributed by atoms with van der Waals surface area (Å²) in [6.45, 7) is 3.76. The summed E-state index contributed by atoms with van der Waals surface area (Å²) in [5.41, 5.74) is 4.41. The maximum atomic E-state index is 12.4. The molecular formula is C23H16F3N3OS. The lowest BCUT2D eigenvalue weighted by Gasteiger charge is -2.30. The molecule has 0 bridgehead atoms. The number of halogens is 3. The molecule has 2 heterocycles. The van der Waals surface area contributed by atoms with Gasteiger partial charge in [-0.15, -0.1) is 24.5 Å². The van der Waals surface area contributed by atoms with E-state index >= 15 is 0 Å². The zero-order chi connectivity index (χ0) is 22.2. The lowest BCUT2D eigenvalue weighted by molar-refractivity contribution is -0.274. The van der Waals surface area contributed by atoms with Crippen molar-refractivity contribution >= 4 is 32.8 Å². The Hall–Kier alpha value is -3.57. The Bertz CT molecular complexity index is 1220. The van der Waals surface area contributed by atoms with Crippen LogP contribution in [0.2, 0.25) is 0 Å². The van der Waals surface area contributed by atoms with Crippen LogP contribution >= 0.6 is 11.3 Å². The van der Waals surface area contributed by atoms with E-state index in [1.807, 2.05) is 55.2 Å². The Balaban J connectivity index is 1.68. The summed E-state index contributed by atoms with van der Waals surface area (Å²) >= 11 is 1.46. The minimum absolute atomic E-state index is 0.278. The van der Waals surface area contributed by atoms with Crippen molar-refractivity contribution in [1.82, 2.24) is 4.98 Å². The monoisotopic (exact) mass is 439 g/mol. The predicted molar refractivity (Wildman–Crippen MR) is 115 cm³/mol. The average Bonchev–Trinajstić information content (AvgIpc) is 3.12. The Morgan fingerprint density at radius 1 is 1.03 bits per heavy atom. The summed E-state index contributed by atoms with van der Waals surface area (Å²) < 4.78 is 42.1. The third kappa shape index (κ3) is 4.32. The van der Waals surface area contributed by atoms with Gasteiger partial charge < -0.3 is 9.64 Å². The second kappa shape index (κ2) is 7.93. The number of alkyl halides is 3. The maximum Gasteiger partial charge on any atom is 0.573 e. The predicted octanol–water partition coefficient (Wildman–Crippen LogP) is 6.80. The van der Waals surface area contributed by atoms with E-state index in [0.717, 1.165) is 27.2 Å². The summed E-state index contributed by atoms with van der Waals surface area (Å²) in [7, 11) is 0. The van der Waals surface area contributed by atoms with Crippen LogP contribution in [0.15, 0.2) is 77.7 Å². The third-order valence-electron chi connectivity index (χ3n) is 4.67. The number of rotatable bonds is 3. The molecule has 156 valence electrons. The zero-order valence-electron chi connectivity index (χ0n) is 16.6. The number of fused-ring (bicyclic) bond motifs is 1. The second-order valence-corrected chi connectivity index (χ2v) is 7.91. The number of nitrogens with zero attached hydrogens (tertiary/aromatic N) is 3. The first-order valence-electron chi connectivity index (χ1n) is 9.28. The second-order valence-electron chi connectivity index (χ2n) is 6.88. The van der Waals surface area contributed by atoms with Crippen molar-refractivity contribution in [2.45, 2.75) is 20.2 Å². The molecule has 0 unspecified atom stereocenters. The van der Waals surface area contributed by atoms with Crippen LogP contribution in [0.3, 0.4) is 0 Å². The summed E-state index contributed by atoms with van der Waals surface area (Å²) in [5.74, 6) is -0.278. The van der Waals surface area contributed by atoms with Gasteiger partial charge in [-0.05, 0) is 68.0 Å². The molecule has 0 N–H and O–H groups in total. The van der Waals surface area contributed by atoms with Crippen molar-refractivity contribution in [3.05, 3.63) is 82.7 Å². The number of anilines is 1. The molecule has 8 heteroatoms. The Kier molecular flexibility index (Phi) is 5.29. The van der Waals surface area contributed by atoms with Gasteiger partial charge in [0.15, 0.2) is 0 Å². The lowest BCUT2D eigenvalue weighted by Crippen LogP contribution is -2.22. The summed E-state index contributed by atoms with van der Waals surface area (Å²) in [6.07, 6.45) is -0.984. The summed E-state index contributed by atoms with van der Waals surface area (Å²) in [4.78, 5) is 6.48. The molecule has 0 saturated heterocycles. The van der Waals surface area contributed by atoms with Crippen molar-refractivity contribution in [2.75, 3.05) is 4.90 Å². The van der Waals surface area contributed by atoms with Crippen LogP contribution in [-0.2, 0) is 0 Å². The molecule has 31 heavy (non-hydrogen) atoms. The van der Waals surface area contributed by atoms with E-state index in [9.17, 15) is 18.4 Å². The first-order valence-corrected chi connectivity index (χ1v) is 10.1. The van der Waals surface area contributed by atoms with E-state index in [0.29, 0.717) is 16.3 Å². The van der Waals surface area contributed by atoms with E-state index in [2.05, 4.69) is 15.8 Å². The molecule has 4 rings (SSSR count). The smallest absolute Gasteiger partial charge is 0.406 e. The number of allylic oxidation sites excluding steroid dienone is 6. The maximum absolute atomic E-state index is 12.4. The van der Waals surface area contributed by atoms with Gasteiger partial charge in [-0.2, -0.15) is 5.26 Å². The largest absolute Gasteiger partial charge is 0.573 e. The summed E-state index contributed by atoms with van der Waals surface area (Å²) in [6, 6.07) is 15.6. The summed E-state index contributed by atoms with van der Waals surface area (Å²) in [5, 5.41) is 10.5. The quantitative estimate of drug-likeness (QED) is 0.421. The normalized spacial score (nSPS) is 14.2. The number of aromatic nitrogens is 1. The van der Waals surface area contributed by atoms with Crippen LogP contribution in [0.5, 0.6) is 5.75 Å². The highest BCUT2D eigenvalue weighted by Crippen LogP contribution is 2.35. The van der Waals surface area contributed by atoms with Gasteiger partial charge in [0.1, 0.15) is 16.8 Å². The van der Waals surface area contributed by atoms with Crippen molar-refractivity contribution in [2.24, 2.45) is 0 Å². The minimum atomic E-state index is -4.73. The molecule has 0 radical (unpaired) electrons. The van der Waals surface area contributed by atoms with Crippen molar-refractivity contribution in [3.63, 3.8) is 0 Å². The molecular weight excluding hydrogens is 423 g/mol. The van der Waals surface area contributed by atoms with Gasteiger partial charge in [-0.3, -0.25) is 0 Å². The molecule has 0 spiro atoms. The molecule has 0 amide bonds. The molecule has 0 atom stereocenters. The number of thiazole rings is 1. The van der Waals surface area contributed by atoms with Gasteiger partial charge in [-0.1, -0.05) is 12.1 Å². The number of hydrogen-bond acceptors (Lipinski definition) is 5. The van der Waals surface area contributed by atoms with E-state index < -0.39 is 6.36 Å².